The van der Waals surface area contributed by atoms with Crippen LogP contribution in [0.5, 0.6) is 0 Å². The van der Waals surface area contributed by atoms with Crippen molar-refractivity contribution in [1.82, 2.24) is 10.2 Å². The summed E-state index contributed by atoms with van der Waals surface area (Å²) in [6.07, 6.45) is 0.510. The standard InChI is InChI=1S/C23H26N2O5/c1-23(15-17-9-4-2-5-10-17,21(28)25-14-8-13-19(25)20(26)27)24-22(29)30-16-18-11-6-3-7-12-18/h2-7,9-12,19H,8,13-16H2,1H3,(H,24,29)(H,26,27)/t19-,23+/m0/s1. The summed E-state index contributed by atoms with van der Waals surface area (Å²) in [5.74, 6) is -1.46. The van der Waals surface area contributed by atoms with Gasteiger partial charge in [-0.15, -0.1) is 0 Å². The van der Waals surface area contributed by atoms with Crippen LogP contribution in [0.2, 0.25) is 0 Å². The lowest BCUT2D eigenvalue weighted by atomic mass is 9.91. The predicted molar refractivity (Wildman–Crippen MR) is 111 cm³/mol. The molecule has 0 unspecified atom stereocenters. The molecule has 0 bridgehead atoms. The molecule has 0 saturated carbocycles. The number of carboxylic acids is 1. The zero-order valence-electron chi connectivity index (χ0n) is 16.9. The first-order valence-corrected chi connectivity index (χ1v) is 9.96. The lowest BCUT2D eigenvalue weighted by Gasteiger charge is -2.35. The first-order chi connectivity index (χ1) is 14.4. The molecule has 3 rings (SSSR count). The number of carbonyl (C=O) groups is 3. The fraction of sp³-hybridized carbons (Fsp3) is 0.348. The summed E-state index contributed by atoms with van der Waals surface area (Å²) in [5.41, 5.74) is 0.338. The molecular formula is C23H26N2O5. The number of carbonyl (C=O) groups excluding carboxylic acids is 2. The Morgan fingerprint density at radius 3 is 2.27 bits per heavy atom. The quantitative estimate of drug-likeness (QED) is 0.732. The van der Waals surface area contributed by atoms with Gasteiger partial charge in [-0.2, -0.15) is 0 Å². The maximum absolute atomic E-state index is 13.4. The van der Waals surface area contributed by atoms with E-state index in [1.165, 1.54) is 4.90 Å². The van der Waals surface area contributed by atoms with Gasteiger partial charge in [0.25, 0.3) is 0 Å². The average Bonchev–Trinajstić information content (AvgIpc) is 3.23. The largest absolute Gasteiger partial charge is 0.480 e. The molecule has 0 aliphatic carbocycles. The molecule has 7 heteroatoms. The Labute approximate surface area is 175 Å². The van der Waals surface area contributed by atoms with Crippen molar-refractivity contribution in [2.45, 2.75) is 44.4 Å². The van der Waals surface area contributed by atoms with Crippen molar-refractivity contribution in [3.8, 4) is 0 Å². The Hall–Kier alpha value is -3.35. The van der Waals surface area contributed by atoms with E-state index in [-0.39, 0.29) is 13.0 Å². The number of carboxylic acid groups (broad SMARTS) is 1. The summed E-state index contributed by atoms with van der Waals surface area (Å²) in [7, 11) is 0. The van der Waals surface area contributed by atoms with Gasteiger partial charge in [-0.25, -0.2) is 9.59 Å². The van der Waals surface area contributed by atoms with Crippen molar-refractivity contribution in [2.24, 2.45) is 0 Å². The molecule has 1 heterocycles. The van der Waals surface area contributed by atoms with Gasteiger partial charge in [0.1, 0.15) is 18.2 Å². The SMILES string of the molecule is C[C@](Cc1ccccc1)(NC(=O)OCc1ccccc1)C(=O)N1CCC[C@H]1C(=O)O. The monoisotopic (exact) mass is 410 g/mol. The highest BCUT2D eigenvalue weighted by Crippen LogP contribution is 2.24. The van der Waals surface area contributed by atoms with Crippen LogP contribution < -0.4 is 5.32 Å². The van der Waals surface area contributed by atoms with Crippen LogP contribution in [0.25, 0.3) is 0 Å². The third kappa shape index (κ3) is 5.17. The molecule has 2 N–H and O–H groups in total. The van der Waals surface area contributed by atoms with Crippen LogP contribution in [0.1, 0.15) is 30.9 Å². The molecule has 2 aromatic carbocycles. The third-order valence-electron chi connectivity index (χ3n) is 5.26. The summed E-state index contributed by atoms with van der Waals surface area (Å²) in [6.45, 7) is 2.04. The number of alkyl carbamates (subject to hydrolysis) is 1. The van der Waals surface area contributed by atoms with Crippen LogP contribution in [0.4, 0.5) is 4.79 Å². The Balaban J connectivity index is 1.77. The van der Waals surface area contributed by atoms with E-state index in [0.29, 0.717) is 19.4 Å². The van der Waals surface area contributed by atoms with Gasteiger partial charge in [0, 0.05) is 13.0 Å². The second kappa shape index (κ2) is 9.43. The van der Waals surface area contributed by atoms with Crippen molar-refractivity contribution < 1.29 is 24.2 Å². The topological polar surface area (TPSA) is 95.9 Å². The van der Waals surface area contributed by atoms with Crippen LogP contribution in [0.3, 0.4) is 0 Å². The van der Waals surface area contributed by atoms with Gasteiger partial charge in [0.15, 0.2) is 0 Å². The Bertz CT molecular complexity index is 887. The molecule has 1 fully saturated rings. The first kappa shape index (κ1) is 21.4. The number of benzene rings is 2. The fourth-order valence-electron chi connectivity index (χ4n) is 3.75. The van der Waals surface area contributed by atoms with E-state index < -0.39 is 29.6 Å². The molecule has 2 amide bonds. The van der Waals surface area contributed by atoms with Gasteiger partial charge in [0.05, 0.1) is 0 Å². The molecule has 7 nitrogen and oxygen atoms in total. The Morgan fingerprint density at radius 2 is 1.67 bits per heavy atom. The first-order valence-electron chi connectivity index (χ1n) is 9.96. The maximum atomic E-state index is 13.4. The van der Waals surface area contributed by atoms with Gasteiger partial charge < -0.3 is 20.1 Å². The minimum Gasteiger partial charge on any atom is -0.480 e. The second-order valence-corrected chi connectivity index (χ2v) is 7.68. The minimum absolute atomic E-state index is 0.0732. The molecule has 1 saturated heterocycles. The van der Waals surface area contributed by atoms with Crippen molar-refractivity contribution in [3.05, 3.63) is 71.8 Å². The van der Waals surface area contributed by atoms with E-state index in [9.17, 15) is 19.5 Å². The van der Waals surface area contributed by atoms with Crippen LogP contribution in [0.15, 0.2) is 60.7 Å². The second-order valence-electron chi connectivity index (χ2n) is 7.68. The zero-order valence-corrected chi connectivity index (χ0v) is 16.9. The fourth-order valence-corrected chi connectivity index (χ4v) is 3.75. The number of nitrogens with zero attached hydrogens (tertiary/aromatic N) is 1. The van der Waals surface area contributed by atoms with E-state index in [2.05, 4.69) is 5.32 Å². The van der Waals surface area contributed by atoms with E-state index in [1.807, 2.05) is 60.7 Å². The average molecular weight is 410 g/mol. The molecule has 1 aliphatic heterocycles. The zero-order chi connectivity index (χ0) is 21.6. The Morgan fingerprint density at radius 1 is 1.07 bits per heavy atom. The molecule has 0 radical (unpaired) electrons. The summed E-state index contributed by atoms with van der Waals surface area (Å²) in [5, 5.41) is 12.2. The number of likely N-dealkylation sites (tertiary alicyclic amines) is 1. The van der Waals surface area contributed by atoms with E-state index in [4.69, 9.17) is 4.74 Å². The van der Waals surface area contributed by atoms with Crippen LogP contribution >= 0.6 is 0 Å². The predicted octanol–water partition coefficient (Wildman–Crippen LogP) is 2.99. The van der Waals surface area contributed by atoms with Crippen molar-refractivity contribution >= 4 is 18.0 Å². The molecule has 0 aromatic heterocycles. The maximum Gasteiger partial charge on any atom is 0.408 e. The minimum atomic E-state index is -1.34. The highest BCUT2D eigenvalue weighted by molar-refractivity contribution is 5.93. The van der Waals surface area contributed by atoms with Gasteiger partial charge in [0.2, 0.25) is 5.91 Å². The summed E-state index contributed by atoms with van der Waals surface area (Å²) in [4.78, 5) is 38.9. The van der Waals surface area contributed by atoms with Gasteiger partial charge in [-0.3, -0.25) is 4.79 Å². The molecule has 158 valence electrons. The number of amides is 2. The van der Waals surface area contributed by atoms with Crippen molar-refractivity contribution in [2.75, 3.05) is 6.54 Å². The van der Waals surface area contributed by atoms with E-state index >= 15 is 0 Å². The number of hydrogen-bond acceptors (Lipinski definition) is 4. The summed E-state index contributed by atoms with van der Waals surface area (Å²) in [6, 6.07) is 17.6. The molecule has 1 aliphatic rings. The smallest absolute Gasteiger partial charge is 0.408 e. The number of aliphatic carboxylic acids is 1. The van der Waals surface area contributed by atoms with Gasteiger partial charge in [-0.05, 0) is 30.9 Å². The van der Waals surface area contributed by atoms with Gasteiger partial charge in [-0.1, -0.05) is 60.7 Å². The highest BCUT2D eigenvalue weighted by Gasteiger charge is 2.44. The van der Waals surface area contributed by atoms with Crippen LogP contribution in [0, 0.1) is 0 Å². The van der Waals surface area contributed by atoms with E-state index in [0.717, 1.165) is 11.1 Å². The summed E-state index contributed by atoms with van der Waals surface area (Å²) >= 11 is 0. The number of rotatable bonds is 7. The van der Waals surface area contributed by atoms with Crippen molar-refractivity contribution in [1.29, 1.82) is 0 Å². The van der Waals surface area contributed by atoms with Crippen LogP contribution in [-0.4, -0.2) is 46.1 Å². The van der Waals surface area contributed by atoms with Crippen molar-refractivity contribution in [3.63, 3.8) is 0 Å². The lowest BCUT2D eigenvalue weighted by Crippen LogP contribution is -2.60. The number of nitrogens with one attached hydrogen (secondary N) is 1. The summed E-state index contributed by atoms with van der Waals surface area (Å²) < 4.78 is 5.31. The van der Waals surface area contributed by atoms with Gasteiger partial charge >= 0.3 is 12.1 Å². The number of hydrogen-bond donors (Lipinski definition) is 2. The Kier molecular flexibility index (Phi) is 6.72. The normalized spacial score (nSPS) is 17.8. The number of ether oxygens (including phenoxy) is 1. The molecule has 30 heavy (non-hydrogen) atoms. The highest BCUT2D eigenvalue weighted by atomic mass is 16.5. The molecule has 0 spiro atoms. The third-order valence-corrected chi connectivity index (χ3v) is 5.26. The van der Waals surface area contributed by atoms with Crippen LogP contribution in [-0.2, 0) is 27.4 Å². The molecule has 2 aromatic rings. The lowest BCUT2D eigenvalue weighted by molar-refractivity contribution is -0.150. The molecular weight excluding hydrogens is 384 g/mol. The van der Waals surface area contributed by atoms with E-state index in [1.54, 1.807) is 6.92 Å². The molecule has 2 atom stereocenters.